The molecule has 0 unspecified atom stereocenters. The maximum absolute atomic E-state index is 12.4. The van der Waals surface area contributed by atoms with Crippen molar-refractivity contribution in [2.45, 2.75) is 32.6 Å². The molecule has 2 aromatic rings. The number of ketones is 1. The molecule has 0 saturated carbocycles. The zero-order chi connectivity index (χ0) is 16.9. The first-order valence-electron chi connectivity index (χ1n) is 8.34. The highest BCUT2D eigenvalue weighted by Gasteiger charge is 2.11. The molecule has 1 N–H and O–H groups in total. The van der Waals surface area contributed by atoms with Crippen molar-refractivity contribution in [2.75, 3.05) is 5.32 Å². The number of allylic oxidation sites excluding steroid dienone is 1. The number of carbonyl (C=O) groups excluding carboxylic acids is 2. The van der Waals surface area contributed by atoms with Gasteiger partial charge in [0.1, 0.15) is 0 Å². The summed E-state index contributed by atoms with van der Waals surface area (Å²) >= 11 is 0. The normalized spacial score (nSPS) is 13.5. The Morgan fingerprint density at radius 1 is 0.958 bits per heavy atom. The van der Waals surface area contributed by atoms with Crippen molar-refractivity contribution in [2.24, 2.45) is 0 Å². The summed E-state index contributed by atoms with van der Waals surface area (Å²) in [6.45, 7) is 1.48. The predicted molar refractivity (Wildman–Crippen MR) is 97.2 cm³/mol. The van der Waals surface area contributed by atoms with Crippen molar-refractivity contribution >= 4 is 23.5 Å². The topological polar surface area (TPSA) is 46.2 Å². The molecular weight excluding hydrogens is 298 g/mol. The molecule has 0 fully saturated rings. The van der Waals surface area contributed by atoms with Gasteiger partial charge in [0.15, 0.2) is 5.78 Å². The Morgan fingerprint density at radius 2 is 1.67 bits per heavy atom. The van der Waals surface area contributed by atoms with Crippen LogP contribution in [0, 0.1) is 0 Å². The number of nitrogens with one attached hydrogen (secondary N) is 1. The fraction of sp³-hybridized carbons (Fsp3) is 0.238. The van der Waals surface area contributed by atoms with Gasteiger partial charge >= 0.3 is 0 Å². The van der Waals surface area contributed by atoms with E-state index in [2.05, 4.69) is 11.4 Å². The molecule has 3 nitrogen and oxygen atoms in total. The van der Waals surface area contributed by atoms with Gasteiger partial charge in [0.25, 0.3) is 0 Å². The lowest BCUT2D eigenvalue weighted by molar-refractivity contribution is -0.114. The number of carbonyl (C=O) groups is 2. The summed E-state index contributed by atoms with van der Waals surface area (Å²) in [6.07, 6.45) is 8.07. The van der Waals surface area contributed by atoms with Gasteiger partial charge in [-0.05, 0) is 66.6 Å². The van der Waals surface area contributed by atoms with Crippen molar-refractivity contribution in [3.05, 3.63) is 70.8 Å². The second-order valence-electron chi connectivity index (χ2n) is 6.19. The van der Waals surface area contributed by atoms with E-state index in [1.54, 1.807) is 12.2 Å². The zero-order valence-electron chi connectivity index (χ0n) is 13.8. The molecule has 0 spiro atoms. The highest BCUT2D eigenvalue weighted by molar-refractivity contribution is 6.07. The van der Waals surface area contributed by atoms with Gasteiger partial charge in [-0.25, -0.2) is 0 Å². The summed E-state index contributed by atoms with van der Waals surface area (Å²) in [4.78, 5) is 23.4. The molecule has 2 aromatic carbocycles. The zero-order valence-corrected chi connectivity index (χ0v) is 13.8. The van der Waals surface area contributed by atoms with Gasteiger partial charge in [0, 0.05) is 18.2 Å². The standard InChI is InChI=1S/C21H21NO2/c1-15(23)22-20-11-6-16(7-12-20)8-13-21(24)19-10-9-17-4-2-3-5-18(17)14-19/h6-14H,2-5H2,1H3,(H,22,23)/b13-8+. The van der Waals surface area contributed by atoms with Crippen molar-refractivity contribution < 1.29 is 9.59 Å². The predicted octanol–water partition coefficient (Wildman–Crippen LogP) is 4.42. The number of rotatable bonds is 4. The second-order valence-corrected chi connectivity index (χ2v) is 6.19. The monoisotopic (exact) mass is 319 g/mol. The smallest absolute Gasteiger partial charge is 0.221 e. The minimum absolute atomic E-state index is 0.0225. The minimum atomic E-state index is -0.0964. The SMILES string of the molecule is CC(=O)Nc1ccc(/C=C/C(=O)c2ccc3c(c2)CCCC3)cc1. The van der Waals surface area contributed by atoms with Gasteiger partial charge in [0.05, 0.1) is 0 Å². The van der Waals surface area contributed by atoms with Crippen LogP contribution >= 0.6 is 0 Å². The molecule has 1 aliphatic carbocycles. The molecule has 0 heterocycles. The van der Waals surface area contributed by atoms with Gasteiger partial charge < -0.3 is 5.32 Å². The van der Waals surface area contributed by atoms with Crippen LogP contribution in [0.25, 0.3) is 6.08 Å². The third kappa shape index (κ3) is 3.99. The number of fused-ring (bicyclic) bond motifs is 1. The van der Waals surface area contributed by atoms with E-state index in [1.165, 1.54) is 30.9 Å². The van der Waals surface area contributed by atoms with E-state index in [0.717, 1.165) is 29.7 Å². The summed E-state index contributed by atoms with van der Waals surface area (Å²) in [5.41, 5.74) is 5.13. The van der Waals surface area contributed by atoms with Crippen LogP contribution in [0.15, 0.2) is 48.5 Å². The number of anilines is 1. The molecule has 0 aliphatic heterocycles. The largest absolute Gasteiger partial charge is 0.326 e. The fourth-order valence-electron chi connectivity index (χ4n) is 3.04. The molecular formula is C21H21NO2. The Labute approximate surface area is 142 Å². The van der Waals surface area contributed by atoms with Crippen LogP contribution in [0.2, 0.25) is 0 Å². The van der Waals surface area contributed by atoms with Crippen LogP contribution in [-0.4, -0.2) is 11.7 Å². The number of hydrogen-bond donors (Lipinski definition) is 1. The van der Waals surface area contributed by atoms with Crippen LogP contribution in [0.1, 0.15) is 46.8 Å². The Morgan fingerprint density at radius 3 is 2.38 bits per heavy atom. The summed E-state index contributed by atoms with van der Waals surface area (Å²) in [5.74, 6) is -0.0739. The van der Waals surface area contributed by atoms with E-state index < -0.39 is 0 Å². The Hall–Kier alpha value is -2.68. The first-order chi connectivity index (χ1) is 11.6. The van der Waals surface area contributed by atoms with Crippen LogP contribution in [0.4, 0.5) is 5.69 Å². The molecule has 1 aliphatic rings. The third-order valence-corrected chi connectivity index (χ3v) is 4.29. The second kappa shape index (κ2) is 7.26. The number of amides is 1. The van der Waals surface area contributed by atoms with E-state index in [4.69, 9.17) is 0 Å². The number of benzene rings is 2. The lowest BCUT2D eigenvalue weighted by atomic mass is 9.90. The van der Waals surface area contributed by atoms with E-state index in [0.29, 0.717) is 0 Å². The maximum atomic E-state index is 12.4. The summed E-state index contributed by atoms with van der Waals surface area (Å²) in [6, 6.07) is 13.5. The van der Waals surface area contributed by atoms with Gasteiger partial charge in [-0.1, -0.05) is 30.3 Å². The van der Waals surface area contributed by atoms with Gasteiger partial charge in [0.2, 0.25) is 5.91 Å². The summed E-state index contributed by atoms with van der Waals surface area (Å²) in [7, 11) is 0. The lowest BCUT2D eigenvalue weighted by Gasteiger charge is -2.15. The minimum Gasteiger partial charge on any atom is -0.326 e. The summed E-state index contributed by atoms with van der Waals surface area (Å²) in [5, 5.41) is 2.72. The lowest BCUT2D eigenvalue weighted by Crippen LogP contribution is -2.05. The summed E-state index contributed by atoms with van der Waals surface area (Å²) < 4.78 is 0. The molecule has 24 heavy (non-hydrogen) atoms. The first-order valence-corrected chi connectivity index (χ1v) is 8.34. The van der Waals surface area contributed by atoms with Crippen LogP contribution in [-0.2, 0) is 17.6 Å². The Balaban J connectivity index is 1.70. The van der Waals surface area contributed by atoms with Crippen molar-refractivity contribution in [1.82, 2.24) is 0 Å². The molecule has 1 amide bonds. The maximum Gasteiger partial charge on any atom is 0.221 e. The van der Waals surface area contributed by atoms with E-state index in [9.17, 15) is 9.59 Å². The average Bonchev–Trinajstić information content (AvgIpc) is 2.60. The highest BCUT2D eigenvalue weighted by atomic mass is 16.1. The molecule has 0 radical (unpaired) electrons. The van der Waals surface area contributed by atoms with Crippen LogP contribution in [0.3, 0.4) is 0 Å². The van der Waals surface area contributed by atoms with E-state index >= 15 is 0 Å². The van der Waals surface area contributed by atoms with Crippen LogP contribution < -0.4 is 5.32 Å². The quantitative estimate of drug-likeness (QED) is 0.670. The molecule has 0 atom stereocenters. The van der Waals surface area contributed by atoms with Crippen molar-refractivity contribution in [3.63, 3.8) is 0 Å². The number of hydrogen-bond acceptors (Lipinski definition) is 2. The van der Waals surface area contributed by atoms with E-state index in [-0.39, 0.29) is 11.7 Å². The fourth-order valence-corrected chi connectivity index (χ4v) is 3.04. The third-order valence-electron chi connectivity index (χ3n) is 4.29. The Kier molecular flexibility index (Phi) is 4.90. The average molecular weight is 319 g/mol. The molecule has 0 bridgehead atoms. The Bertz CT molecular complexity index is 788. The molecule has 122 valence electrons. The van der Waals surface area contributed by atoms with Gasteiger partial charge in [-0.2, -0.15) is 0 Å². The molecule has 0 aromatic heterocycles. The van der Waals surface area contributed by atoms with Gasteiger partial charge in [-0.3, -0.25) is 9.59 Å². The highest BCUT2D eigenvalue weighted by Crippen LogP contribution is 2.22. The van der Waals surface area contributed by atoms with E-state index in [1.807, 2.05) is 36.4 Å². The van der Waals surface area contributed by atoms with Crippen molar-refractivity contribution in [1.29, 1.82) is 0 Å². The molecule has 3 heteroatoms. The number of aryl methyl sites for hydroxylation is 2. The first kappa shape index (κ1) is 16.2. The molecule has 0 saturated heterocycles. The van der Waals surface area contributed by atoms with Gasteiger partial charge in [-0.15, -0.1) is 0 Å². The van der Waals surface area contributed by atoms with Crippen molar-refractivity contribution in [3.8, 4) is 0 Å². The van der Waals surface area contributed by atoms with Crippen LogP contribution in [0.5, 0.6) is 0 Å². The molecule has 3 rings (SSSR count).